The largest absolute Gasteiger partial charge is 0.478 e. The Labute approximate surface area is 104 Å². The Balaban J connectivity index is 2.32. The first-order chi connectivity index (χ1) is 8.09. The molecular weight excluding hydrogens is 242 g/mol. The van der Waals surface area contributed by atoms with Gasteiger partial charge in [0.25, 0.3) is 0 Å². The number of aliphatic carboxylic acids is 1. The van der Waals surface area contributed by atoms with Crippen LogP contribution in [0.2, 0.25) is 5.02 Å². The SMILES string of the molecule is CN1N=CCN(c2ccc(Cl)cc2)C1C(=O)O. The lowest BCUT2D eigenvalue weighted by Crippen LogP contribution is -2.53. The van der Waals surface area contributed by atoms with Gasteiger partial charge in [-0.05, 0) is 24.3 Å². The predicted molar refractivity (Wildman–Crippen MR) is 66.5 cm³/mol. The molecule has 0 saturated carbocycles. The summed E-state index contributed by atoms with van der Waals surface area (Å²) >= 11 is 5.81. The minimum absolute atomic E-state index is 0.461. The van der Waals surface area contributed by atoms with E-state index in [1.54, 1.807) is 42.4 Å². The van der Waals surface area contributed by atoms with Crippen LogP contribution in [-0.2, 0) is 4.79 Å². The summed E-state index contributed by atoms with van der Waals surface area (Å²) in [7, 11) is 1.64. The summed E-state index contributed by atoms with van der Waals surface area (Å²) in [5, 5.41) is 15.2. The molecule has 2 rings (SSSR count). The summed E-state index contributed by atoms with van der Waals surface area (Å²) < 4.78 is 0. The average Bonchev–Trinajstić information content (AvgIpc) is 2.29. The Morgan fingerprint density at radius 1 is 1.47 bits per heavy atom. The van der Waals surface area contributed by atoms with Crippen LogP contribution in [0.3, 0.4) is 0 Å². The summed E-state index contributed by atoms with van der Waals surface area (Å²) in [4.78, 5) is 13.0. The molecule has 1 aromatic carbocycles. The van der Waals surface area contributed by atoms with Crippen molar-refractivity contribution in [2.75, 3.05) is 18.5 Å². The fourth-order valence-electron chi connectivity index (χ4n) is 1.79. The van der Waals surface area contributed by atoms with Crippen LogP contribution in [-0.4, -0.2) is 42.1 Å². The van der Waals surface area contributed by atoms with Crippen LogP contribution in [0.25, 0.3) is 0 Å². The summed E-state index contributed by atoms with van der Waals surface area (Å²) in [6.07, 6.45) is 0.884. The normalized spacial score (nSPS) is 19.5. The van der Waals surface area contributed by atoms with E-state index < -0.39 is 12.1 Å². The second-order valence-corrected chi connectivity index (χ2v) is 4.15. The van der Waals surface area contributed by atoms with Crippen LogP contribution in [0.5, 0.6) is 0 Å². The van der Waals surface area contributed by atoms with Crippen LogP contribution in [0, 0.1) is 0 Å². The van der Waals surface area contributed by atoms with E-state index in [9.17, 15) is 9.90 Å². The van der Waals surface area contributed by atoms with E-state index in [1.807, 2.05) is 0 Å². The third-order valence-corrected chi connectivity index (χ3v) is 2.82. The Hall–Kier alpha value is -1.75. The quantitative estimate of drug-likeness (QED) is 0.868. The van der Waals surface area contributed by atoms with Crippen LogP contribution < -0.4 is 4.90 Å². The van der Waals surface area contributed by atoms with E-state index in [1.165, 1.54) is 5.01 Å². The van der Waals surface area contributed by atoms with Gasteiger partial charge in [0.1, 0.15) is 0 Å². The number of carboxylic acids is 1. The predicted octanol–water partition coefficient (Wildman–Crippen LogP) is 1.49. The van der Waals surface area contributed by atoms with E-state index in [0.717, 1.165) is 5.69 Å². The van der Waals surface area contributed by atoms with Gasteiger partial charge in [0.05, 0.1) is 6.54 Å². The highest BCUT2D eigenvalue weighted by atomic mass is 35.5. The molecule has 5 nitrogen and oxygen atoms in total. The zero-order valence-electron chi connectivity index (χ0n) is 9.25. The molecule has 1 unspecified atom stereocenters. The molecule has 6 heteroatoms. The number of carboxylic acid groups (broad SMARTS) is 1. The maximum Gasteiger partial charge on any atom is 0.348 e. The minimum atomic E-state index is -0.931. The Morgan fingerprint density at radius 3 is 2.71 bits per heavy atom. The number of likely N-dealkylation sites (N-methyl/N-ethyl adjacent to an activating group) is 1. The molecule has 0 bridgehead atoms. The van der Waals surface area contributed by atoms with Crippen molar-refractivity contribution in [3.05, 3.63) is 29.3 Å². The van der Waals surface area contributed by atoms with Crippen LogP contribution in [0.1, 0.15) is 0 Å². The molecule has 1 aliphatic heterocycles. The van der Waals surface area contributed by atoms with Crippen LogP contribution >= 0.6 is 11.6 Å². The monoisotopic (exact) mass is 253 g/mol. The van der Waals surface area contributed by atoms with Crippen molar-refractivity contribution < 1.29 is 9.90 Å². The molecule has 0 amide bonds. The highest BCUT2D eigenvalue weighted by Gasteiger charge is 2.31. The summed E-state index contributed by atoms with van der Waals surface area (Å²) in [6.45, 7) is 0.461. The molecule has 1 aromatic rings. The van der Waals surface area contributed by atoms with Crippen molar-refractivity contribution in [3.63, 3.8) is 0 Å². The van der Waals surface area contributed by atoms with Gasteiger partial charge in [-0.3, -0.25) is 5.01 Å². The number of benzene rings is 1. The topological polar surface area (TPSA) is 56.1 Å². The average molecular weight is 254 g/mol. The molecule has 0 radical (unpaired) electrons. The zero-order chi connectivity index (χ0) is 12.4. The third-order valence-electron chi connectivity index (χ3n) is 2.57. The van der Waals surface area contributed by atoms with Gasteiger partial charge in [-0.2, -0.15) is 5.10 Å². The molecule has 0 aliphatic carbocycles. The second-order valence-electron chi connectivity index (χ2n) is 3.71. The first-order valence-corrected chi connectivity index (χ1v) is 5.47. The molecule has 0 fully saturated rings. The van der Waals surface area contributed by atoms with Gasteiger partial charge in [0.2, 0.25) is 6.17 Å². The van der Waals surface area contributed by atoms with Crippen molar-refractivity contribution in [1.29, 1.82) is 0 Å². The number of hydrazone groups is 1. The lowest BCUT2D eigenvalue weighted by Gasteiger charge is -2.37. The summed E-state index contributed by atoms with van der Waals surface area (Å²) in [5.74, 6) is -0.931. The lowest BCUT2D eigenvalue weighted by atomic mass is 10.2. The van der Waals surface area contributed by atoms with Gasteiger partial charge in [-0.25, -0.2) is 4.79 Å². The number of halogens is 1. The highest BCUT2D eigenvalue weighted by molar-refractivity contribution is 6.30. The van der Waals surface area contributed by atoms with Gasteiger partial charge in [0.15, 0.2) is 0 Å². The standard InChI is InChI=1S/C11H12ClN3O2/c1-14-10(11(16)17)15(7-6-13-14)9-4-2-8(12)3-5-9/h2-6,10H,7H2,1H3,(H,16,17). The van der Waals surface area contributed by atoms with E-state index in [-0.39, 0.29) is 0 Å². The highest BCUT2D eigenvalue weighted by Crippen LogP contribution is 2.22. The summed E-state index contributed by atoms with van der Waals surface area (Å²) in [5.41, 5.74) is 0.805. The zero-order valence-corrected chi connectivity index (χ0v) is 10.0. The van der Waals surface area contributed by atoms with Gasteiger partial charge < -0.3 is 10.0 Å². The number of hydrogen-bond donors (Lipinski definition) is 1. The Kier molecular flexibility index (Phi) is 3.19. The van der Waals surface area contributed by atoms with Crippen molar-refractivity contribution in [2.24, 2.45) is 5.10 Å². The number of nitrogens with zero attached hydrogens (tertiary/aromatic N) is 3. The van der Waals surface area contributed by atoms with Crippen molar-refractivity contribution in [2.45, 2.75) is 6.17 Å². The maximum atomic E-state index is 11.2. The molecule has 1 heterocycles. The molecular formula is C11H12ClN3O2. The van der Waals surface area contributed by atoms with E-state index in [0.29, 0.717) is 11.6 Å². The van der Waals surface area contributed by atoms with E-state index >= 15 is 0 Å². The van der Waals surface area contributed by atoms with Crippen LogP contribution in [0.15, 0.2) is 29.4 Å². The fraction of sp³-hybridized carbons (Fsp3) is 0.273. The van der Waals surface area contributed by atoms with Gasteiger partial charge >= 0.3 is 5.97 Å². The van der Waals surface area contributed by atoms with Gasteiger partial charge in [0, 0.05) is 24.0 Å². The first-order valence-electron chi connectivity index (χ1n) is 5.10. The number of carbonyl (C=O) groups is 1. The van der Waals surface area contributed by atoms with E-state index in [2.05, 4.69) is 5.10 Å². The second kappa shape index (κ2) is 4.63. The molecule has 1 aliphatic rings. The molecule has 0 saturated heterocycles. The third kappa shape index (κ3) is 2.34. The molecule has 1 N–H and O–H groups in total. The van der Waals surface area contributed by atoms with Crippen molar-refractivity contribution >= 4 is 29.5 Å². The number of hydrogen-bond acceptors (Lipinski definition) is 4. The van der Waals surface area contributed by atoms with E-state index in [4.69, 9.17) is 11.6 Å². The molecule has 17 heavy (non-hydrogen) atoms. The van der Waals surface area contributed by atoms with Crippen molar-refractivity contribution in [1.82, 2.24) is 5.01 Å². The Morgan fingerprint density at radius 2 is 2.12 bits per heavy atom. The first kappa shape index (κ1) is 11.7. The van der Waals surface area contributed by atoms with Gasteiger partial charge in [-0.15, -0.1) is 0 Å². The molecule has 90 valence electrons. The molecule has 0 spiro atoms. The van der Waals surface area contributed by atoms with Crippen molar-refractivity contribution in [3.8, 4) is 0 Å². The summed E-state index contributed by atoms with van der Waals surface area (Å²) in [6, 6.07) is 7.07. The lowest BCUT2D eigenvalue weighted by molar-refractivity contribution is -0.142. The number of rotatable bonds is 2. The Bertz CT molecular complexity index is 447. The van der Waals surface area contributed by atoms with Gasteiger partial charge in [-0.1, -0.05) is 11.6 Å². The maximum absolute atomic E-state index is 11.2. The number of anilines is 1. The molecule has 1 atom stereocenters. The fourth-order valence-corrected chi connectivity index (χ4v) is 1.92. The smallest absolute Gasteiger partial charge is 0.348 e. The minimum Gasteiger partial charge on any atom is -0.478 e. The molecule has 0 aromatic heterocycles. The van der Waals surface area contributed by atoms with Crippen LogP contribution in [0.4, 0.5) is 5.69 Å².